The van der Waals surface area contributed by atoms with Gasteiger partial charge in [0.2, 0.25) is 0 Å². The molecule has 1 unspecified atom stereocenters. The molecule has 0 rings (SSSR count). The second kappa shape index (κ2) is 26.4. The maximum atomic E-state index is 12.5. The summed E-state index contributed by atoms with van der Waals surface area (Å²) in [7, 11) is 1.48. The predicted molar refractivity (Wildman–Crippen MR) is 169 cm³/mol. The smallest absolute Gasteiger partial charge is 0.462 e. The van der Waals surface area contributed by atoms with Gasteiger partial charge in [0, 0.05) is 12.8 Å². The lowest BCUT2D eigenvalue weighted by atomic mass is 10.1. The van der Waals surface area contributed by atoms with Crippen molar-refractivity contribution in [3.05, 3.63) is 0 Å². The molecule has 0 aliphatic heterocycles. The third-order valence-corrected chi connectivity index (χ3v) is 8.12. The van der Waals surface area contributed by atoms with Gasteiger partial charge in [-0.3, -0.25) is 18.6 Å². The fourth-order valence-corrected chi connectivity index (χ4v) is 5.17. The summed E-state index contributed by atoms with van der Waals surface area (Å²) in [6.07, 6.45) is 20.2. The van der Waals surface area contributed by atoms with Gasteiger partial charge in [0.1, 0.15) is 19.8 Å². The minimum Gasteiger partial charge on any atom is -0.462 e. The summed E-state index contributed by atoms with van der Waals surface area (Å²) in [5, 5.41) is 0. The number of unbranched alkanes of at least 4 members (excludes halogenated alkanes) is 16. The van der Waals surface area contributed by atoms with Crippen LogP contribution in [0.5, 0.6) is 0 Å². The second-order valence-corrected chi connectivity index (χ2v) is 14.0. The molecule has 250 valence electrons. The SMILES string of the molecule is CCCCCCCCCCCC(=O)OC[C@@H](COP(=O)(O)OCC[N+](C)(C)C)OC(=O)CCCCCCCCCCC. The van der Waals surface area contributed by atoms with Gasteiger partial charge >= 0.3 is 19.8 Å². The second-order valence-electron chi connectivity index (χ2n) is 12.6. The fraction of sp³-hybridized carbons (Fsp3) is 0.938. The van der Waals surface area contributed by atoms with E-state index in [0.29, 0.717) is 23.9 Å². The Labute approximate surface area is 257 Å². The highest BCUT2D eigenvalue weighted by Crippen LogP contribution is 2.43. The van der Waals surface area contributed by atoms with Crippen LogP contribution in [0.4, 0.5) is 0 Å². The van der Waals surface area contributed by atoms with E-state index in [1.165, 1.54) is 77.0 Å². The number of phosphoric ester groups is 1. The zero-order valence-electron chi connectivity index (χ0n) is 27.7. The van der Waals surface area contributed by atoms with Crippen molar-refractivity contribution in [3.63, 3.8) is 0 Å². The zero-order chi connectivity index (χ0) is 31.5. The van der Waals surface area contributed by atoms with Crippen LogP contribution in [0.25, 0.3) is 0 Å². The van der Waals surface area contributed by atoms with Gasteiger partial charge in [0.15, 0.2) is 6.10 Å². The molecule has 0 spiro atoms. The molecule has 0 saturated heterocycles. The summed E-state index contributed by atoms with van der Waals surface area (Å²) >= 11 is 0. The van der Waals surface area contributed by atoms with Crippen molar-refractivity contribution in [1.82, 2.24) is 0 Å². The summed E-state index contributed by atoms with van der Waals surface area (Å²) in [6.45, 7) is 4.36. The number of rotatable bonds is 30. The average Bonchev–Trinajstić information content (AvgIpc) is 2.92. The Kier molecular flexibility index (Phi) is 25.8. The van der Waals surface area contributed by atoms with Gasteiger partial charge in [-0.1, -0.05) is 117 Å². The summed E-state index contributed by atoms with van der Waals surface area (Å²) in [4.78, 5) is 34.8. The molecule has 0 heterocycles. The standard InChI is InChI=1S/C32H64NO8P/c1-6-8-10-12-14-16-18-20-22-24-31(34)38-28-30(29-40-42(36,37)39-27-26-33(3,4)5)41-32(35)25-23-21-19-17-15-13-11-9-7-2/h30H,6-29H2,1-5H3/p+1/t30-/m0/s1. The van der Waals surface area contributed by atoms with Gasteiger partial charge in [-0.05, 0) is 12.8 Å². The molecule has 9 nitrogen and oxygen atoms in total. The lowest BCUT2D eigenvalue weighted by Gasteiger charge is -2.24. The van der Waals surface area contributed by atoms with Gasteiger partial charge in [0.05, 0.1) is 27.7 Å². The lowest BCUT2D eigenvalue weighted by Crippen LogP contribution is -2.37. The summed E-state index contributed by atoms with van der Waals surface area (Å²) in [6, 6.07) is 0. The molecule has 0 aromatic carbocycles. The molecular formula is C32H65NO8P+. The van der Waals surface area contributed by atoms with E-state index < -0.39 is 26.5 Å². The van der Waals surface area contributed by atoms with Crippen LogP contribution in [0.1, 0.15) is 142 Å². The highest BCUT2D eigenvalue weighted by Gasteiger charge is 2.27. The Morgan fingerprint density at radius 2 is 1.07 bits per heavy atom. The van der Waals surface area contributed by atoms with E-state index in [1.54, 1.807) is 0 Å². The predicted octanol–water partition coefficient (Wildman–Crippen LogP) is 8.12. The van der Waals surface area contributed by atoms with Crippen LogP contribution >= 0.6 is 7.82 Å². The van der Waals surface area contributed by atoms with Crippen molar-refractivity contribution in [3.8, 4) is 0 Å². The number of nitrogens with zero attached hydrogens (tertiary/aromatic N) is 1. The number of carbonyl (C=O) groups excluding carboxylic acids is 2. The maximum Gasteiger partial charge on any atom is 0.472 e. The quantitative estimate of drug-likeness (QED) is 0.0370. The Morgan fingerprint density at radius 3 is 1.52 bits per heavy atom. The number of quaternary nitrogens is 1. The molecule has 0 aliphatic rings. The van der Waals surface area contributed by atoms with Gasteiger partial charge in [-0.15, -0.1) is 0 Å². The number of likely N-dealkylation sites (N-methyl/N-ethyl adjacent to an activating group) is 1. The van der Waals surface area contributed by atoms with Crippen LogP contribution in [0.3, 0.4) is 0 Å². The van der Waals surface area contributed by atoms with Crippen molar-refractivity contribution in [1.29, 1.82) is 0 Å². The number of phosphoric acid groups is 1. The van der Waals surface area contributed by atoms with Crippen molar-refractivity contribution in [2.24, 2.45) is 0 Å². The topological polar surface area (TPSA) is 108 Å². The van der Waals surface area contributed by atoms with E-state index in [-0.39, 0.29) is 25.6 Å². The molecule has 1 N–H and O–H groups in total. The van der Waals surface area contributed by atoms with Crippen molar-refractivity contribution in [2.45, 2.75) is 148 Å². The van der Waals surface area contributed by atoms with E-state index >= 15 is 0 Å². The Balaban J connectivity index is 4.51. The van der Waals surface area contributed by atoms with E-state index in [4.69, 9.17) is 18.5 Å². The van der Waals surface area contributed by atoms with Crippen LogP contribution in [0, 0.1) is 0 Å². The molecule has 0 aliphatic carbocycles. The molecule has 0 amide bonds. The first-order valence-corrected chi connectivity index (χ1v) is 18.3. The Bertz CT molecular complexity index is 713. The largest absolute Gasteiger partial charge is 0.472 e. The fourth-order valence-electron chi connectivity index (χ4n) is 4.42. The average molecular weight is 623 g/mol. The number of hydrogen-bond acceptors (Lipinski definition) is 7. The van der Waals surface area contributed by atoms with Gasteiger partial charge in [0.25, 0.3) is 0 Å². The molecule has 10 heteroatoms. The molecule has 0 fully saturated rings. The third kappa shape index (κ3) is 29.1. The van der Waals surface area contributed by atoms with Crippen LogP contribution in [-0.2, 0) is 32.7 Å². The van der Waals surface area contributed by atoms with Crippen LogP contribution < -0.4 is 0 Å². The minimum atomic E-state index is -4.35. The van der Waals surface area contributed by atoms with E-state index in [2.05, 4.69) is 13.8 Å². The minimum absolute atomic E-state index is 0.0358. The summed E-state index contributed by atoms with van der Waals surface area (Å²) < 4.78 is 33.9. The highest BCUT2D eigenvalue weighted by atomic mass is 31.2. The first-order chi connectivity index (χ1) is 20.0. The monoisotopic (exact) mass is 622 g/mol. The number of carbonyl (C=O) groups is 2. The molecule has 42 heavy (non-hydrogen) atoms. The van der Waals surface area contributed by atoms with Gasteiger partial charge < -0.3 is 18.9 Å². The summed E-state index contributed by atoms with van der Waals surface area (Å²) in [5.41, 5.74) is 0. The molecule has 2 atom stereocenters. The molecule has 0 saturated carbocycles. The van der Waals surface area contributed by atoms with Crippen molar-refractivity contribution < 1.29 is 42.1 Å². The number of esters is 2. The normalized spacial score (nSPS) is 14.0. The van der Waals surface area contributed by atoms with Crippen LogP contribution in [-0.4, -0.2) is 74.9 Å². The molecular weight excluding hydrogens is 557 g/mol. The highest BCUT2D eigenvalue weighted by molar-refractivity contribution is 7.47. The molecule has 0 bridgehead atoms. The van der Waals surface area contributed by atoms with E-state index in [9.17, 15) is 19.0 Å². The Morgan fingerprint density at radius 1 is 0.643 bits per heavy atom. The van der Waals surface area contributed by atoms with E-state index in [1.807, 2.05) is 21.1 Å². The molecule has 0 aromatic rings. The maximum absolute atomic E-state index is 12.5. The number of hydrogen-bond donors (Lipinski definition) is 1. The first-order valence-electron chi connectivity index (χ1n) is 16.8. The first kappa shape index (κ1) is 41.0. The molecule has 0 radical (unpaired) electrons. The van der Waals surface area contributed by atoms with Gasteiger partial charge in [-0.25, -0.2) is 4.57 Å². The third-order valence-electron chi connectivity index (χ3n) is 7.14. The van der Waals surface area contributed by atoms with Crippen LogP contribution in [0.2, 0.25) is 0 Å². The van der Waals surface area contributed by atoms with Crippen molar-refractivity contribution in [2.75, 3.05) is 47.5 Å². The van der Waals surface area contributed by atoms with Crippen molar-refractivity contribution >= 4 is 19.8 Å². The van der Waals surface area contributed by atoms with Gasteiger partial charge in [-0.2, -0.15) is 0 Å². The zero-order valence-corrected chi connectivity index (χ0v) is 28.6. The number of ether oxygens (including phenoxy) is 2. The van der Waals surface area contributed by atoms with E-state index in [0.717, 1.165) is 32.1 Å². The summed E-state index contributed by atoms with van der Waals surface area (Å²) in [5.74, 6) is -0.801. The lowest BCUT2D eigenvalue weighted by molar-refractivity contribution is -0.870. The Hall–Kier alpha value is -0.990. The molecule has 0 aromatic heterocycles. The van der Waals surface area contributed by atoms with Crippen LogP contribution in [0.15, 0.2) is 0 Å².